The Labute approximate surface area is 610 Å². The second-order valence-electron chi connectivity index (χ2n) is 31.5. The number of hydrogen-bond donors (Lipinski definition) is 0. The van der Waals surface area contributed by atoms with Gasteiger partial charge in [-0.25, -0.2) is 4.79 Å². The lowest BCUT2D eigenvalue weighted by Crippen LogP contribution is -2.37. The van der Waals surface area contributed by atoms with Gasteiger partial charge in [0, 0.05) is 25.5 Å². The predicted octanol–water partition coefficient (Wildman–Crippen LogP) is 20.1. The standard InChI is InChI=1S/C11H12F2O.2C11H12O2.3C11H14O.C7H12O2.2C7H16Si/c1-7-3-4-9-6-8(2)11(12,13)14-10(9)5-7;1-7-3-4-9-6-8(2)13-11(12)10(9)5-7;1-7-3-4-9-6-8(2)11(12)13-10(9)5-7;1-8-3-6-11-10(7-8)5-4-9(2)12-11;1-8-3-4-10-5-9(2)7-12-11(10)6-8;1-8-3-4-10-6-9(2)12-7-11(10)5-8;1-5-3-4-6(2)9-7(5)8;2*1-6-3-4-7(2)8-5-6/h3-5,8H,6H2,1-2H3;2*3-5,8H,6H2,1-2H3;3,6-7,9H,4-5H2,1-2H3;3-4,6,9H,5,7H2,1-2H3;3-5,9H,6-7H2,1-2H3;5-6H,3-4H2,1-2H3;2*6-7H,3-5,8H2,1-2H3. The molecule has 10 nitrogen and oxygen atoms in total. The van der Waals surface area contributed by atoms with E-state index >= 15 is 0 Å². The van der Waals surface area contributed by atoms with E-state index in [1.807, 2.05) is 97.0 Å². The van der Waals surface area contributed by atoms with Crippen LogP contribution in [-0.4, -0.2) is 74.1 Å². The van der Waals surface area contributed by atoms with Crippen LogP contribution in [0.25, 0.3) is 0 Å². The number of fused-ring (bicyclic) bond motifs is 6. The molecule has 9 heterocycles. The second-order valence-corrected chi connectivity index (χ2v) is 36.6. The normalized spacial score (nSPS) is 26.3. The van der Waals surface area contributed by atoms with Crippen molar-refractivity contribution in [1.29, 1.82) is 0 Å². The van der Waals surface area contributed by atoms with Crippen molar-refractivity contribution in [3.63, 3.8) is 0 Å². The SMILES string of the molecule is CC1CCC(C)C(=O)O1.CC1CCC(C)[SiH2]C1.CC1CCC(C)[SiH2]C1.Cc1ccc2c(c1)C(=O)OC(C)C2.Cc1ccc2c(c1)CCC(C)O2.Cc1ccc2c(c1)COC(C)C2.Cc1ccc2c(c1)OC(=O)C(C)C2.Cc1ccc2c(c1)OC(F)(F)C(C)C2.Cc1ccc2c(c1)OCC(C)C2. The third kappa shape index (κ3) is 26.9. The predicted molar refractivity (Wildman–Crippen MR) is 414 cm³/mol. The number of cyclic esters (lactones) is 2. The smallest absolute Gasteiger partial charge is 0.400 e. The van der Waals surface area contributed by atoms with Crippen LogP contribution in [0.2, 0.25) is 23.2 Å². The molecular weight excluding hydrogens is 1300 g/mol. The summed E-state index contributed by atoms with van der Waals surface area (Å²) in [5, 5.41) is 0. The van der Waals surface area contributed by atoms with Crippen molar-refractivity contribution in [3.8, 4) is 23.0 Å². The monoisotopic (exact) mass is 1420 g/mol. The Balaban J connectivity index is 0.000000160. The largest absolute Gasteiger partial charge is 0.493 e. The molecule has 14 heteroatoms. The summed E-state index contributed by atoms with van der Waals surface area (Å²) in [4.78, 5) is 33.5. The van der Waals surface area contributed by atoms with Crippen LogP contribution in [0.4, 0.5) is 8.78 Å². The number of halogens is 2. The molecule has 0 spiro atoms. The highest BCUT2D eigenvalue weighted by Gasteiger charge is 2.43. The molecule has 0 N–H and O–H groups in total. The van der Waals surface area contributed by atoms with Crippen molar-refractivity contribution in [2.75, 3.05) is 6.61 Å². The van der Waals surface area contributed by atoms with E-state index in [4.69, 9.17) is 28.4 Å². The number of alkyl halides is 2. The van der Waals surface area contributed by atoms with Crippen LogP contribution in [0.1, 0.15) is 211 Å². The number of carbonyl (C=O) groups is 3. The quantitative estimate of drug-likeness (QED) is 0.0827. The molecule has 101 heavy (non-hydrogen) atoms. The van der Waals surface area contributed by atoms with E-state index < -0.39 is 12.0 Å². The van der Waals surface area contributed by atoms with Crippen molar-refractivity contribution in [2.24, 2.45) is 35.5 Å². The van der Waals surface area contributed by atoms with Crippen molar-refractivity contribution < 1.29 is 56.3 Å². The van der Waals surface area contributed by atoms with Crippen LogP contribution in [0.5, 0.6) is 23.0 Å². The van der Waals surface area contributed by atoms with Gasteiger partial charge in [-0.3, -0.25) is 9.59 Å². The summed E-state index contributed by atoms with van der Waals surface area (Å²) in [6.07, 6.45) is 12.6. The van der Waals surface area contributed by atoms with E-state index in [1.54, 1.807) is 18.2 Å². The topological polar surface area (TPSA) is 116 Å². The van der Waals surface area contributed by atoms with Crippen molar-refractivity contribution >= 4 is 36.9 Å². The molecule has 3 saturated heterocycles. The average molecular weight is 1420 g/mol. The zero-order chi connectivity index (χ0) is 73.7. The molecule has 3 fully saturated rings. The number of rotatable bonds is 0. The van der Waals surface area contributed by atoms with Crippen LogP contribution in [0.3, 0.4) is 0 Å². The number of esters is 3. The number of carbonyl (C=O) groups excluding carboxylic acids is 3. The minimum Gasteiger partial charge on any atom is -0.493 e. The summed E-state index contributed by atoms with van der Waals surface area (Å²) in [7, 11) is 0.771. The van der Waals surface area contributed by atoms with Crippen molar-refractivity contribution in [1.82, 2.24) is 0 Å². The van der Waals surface area contributed by atoms with Crippen molar-refractivity contribution in [2.45, 2.75) is 268 Å². The fourth-order valence-corrected chi connectivity index (χ4v) is 17.5. The van der Waals surface area contributed by atoms with Crippen LogP contribution in [0.15, 0.2) is 109 Å². The third-order valence-corrected chi connectivity index (χ3v) is 26.1. The molecule has 0 aromatic heterocycles. The lowest BCUT2D eigenvalue weighted by Gasteiger charge is -2.30. The third-order valence-electron chi connectivity index (χ3n) is 20.6. The molecule has 6 aromatic carbocycles. The maximum atomic E-state index is 13.2. The lowest BCUT2D eigenvalue weighted by molar-refractivity contribution is -0.219. The maximum absolute atomic E-state index is 13.2. The van der Waals surface area contributed by atoms with Gasteiger partial charge in [0.05, 0.1) is 54.8 Å². The molecule has 0 aliphatic carbocycles. The van der Waals surface area contributed by atoms with Crippen LogP contribution in [0, 0.1) is 77.0 Å². The fourth-order valence-electron chi connectivity index (χ4n) is 13.6. The molecule has 12 unspecified atom stereocenters. The molecule has 15 rings (SSSR count). The Hall–Kier alpha value is -6.62. The Morgan fingerprint density at radius 1 is 0.396 bits per heavy atom. The Kier molecular flexibility index (Phi) is 31.8. The number of aryl methyl sites for hydroxylation is 7. The molecule has 0 amide bonds. The first-order valence-electron chi connectivity index (χ1n) is 38.0. The van der Waals surface area contributed by atoms with Gasteiger partial charge in [-0.05, 0) is 224 Å². The summed E-state index contributed by atoms with van der Waals surface area (Å²) in [6, 6.07) is 40.1. The van der Waals surface area contributed by atoms with Gasteiger partial charge in [0.1, 0.15) is 29.1 Å². The van der Waals surface area contributed by atoms with E-state index in [9.17, 15) is 23.2 Å². The van der Waals surface area contributed by atoms with E-state index in [2.05, 4.69) is 129 Å². The Bertz CT molecular complexity index is 3440. The molecule has 6 aromatic rings. The molecular formula is C87H122F2O10Si2. The van der Waals surface area contributed by atoms with Gasteiger partial charge in [-0.1, -0.05) is 200 Å². The molecule has 9 aliphatic heterocycles. The molecule has 12 atom stereocenters. The molecule has 9 aliphatic rings. The van der Waals surface area contributed by atoms with Gasteiger partial charge < -0.3 is 33.2 Å². The molecule has 0 bridgehead atoms. The van der Waals surface area contributed by atoms with E-state index in [0.29, 0.717) is 49.3 Å². The molecule has 0 radical (unpaired) electrons. The number of hydrogen-bond acceptors (Lipinski definition) is 10. The van der Waals surface area contributed by atoms with Gasteiger partial charge in [-0.2, -0.15) is 8.78 Å². The summed E-state index contributed by atoms with van der Waals surface area (Å²) < 4.78 is 63.2. The zero-order valence-corrected chi connectivity index (χ0v) is 67.4. The molecule has 0 saturated carbocycles. The number of ether oxygens (including phenoxy) is 7. The van der Waals surface area contributed by atoms with Gasteiger partial charge in [0.25, 0.3) is 0 Å². The summed E-state index contributed by atoms with van der Waals surface area (Å²) >= 11 is 0. The summed E-state index contributed by atoms with van der Waals surface area (Å²) in [5.41, 5.74) is 18.8. The van der Waals surface area contributed by atoms with E-state index in [0.717, 1.165) is 144 Å². The highest BCUT2D eigenvalue weighted by atomic mass is 28.2. The van der Waals surface area contributed by atoms with E-state index in [1.165, 1.54) is 71.6 Å². The van der Waals surface area contributed by atoms with Gasteiger partial charge >= 0.3 is 24.0 Å². The van der Waals surface area contributed by atoms with Crippen LogP contribution in [-0.2, 0) is 68.9 Å². The Morgan fingerprint density at radius 3 is 1.48 bits per heavy atom. The highest BCUT2D eigenvalue weighted by molar-refractivity contribution is 6.38. The minimum atomic E-state index is -3.03. The summed E-state index contributed by atoms with van der Waals surface area (Å²) in [6.45, 7) is 39.1. The van der Waals surface area contributed by atoms with Gasteiger partial charge in [0.15, 0.2) is 0 Å². The lowest BCUT2D eigenvalue weighted by atomic mass is 9.96. The summed E-state index contributed by atoms with van der Waals surface area (Å²) in [5.74, 6) is 5.11. The van der Waals surface area contributed by atoms with Crippen molar-refractivity contribution in [3.05, 3.63) is 187 Å². The second kappa shape index (κ2) is 39.3. The first-order valence-corrected chi connectivity index (χ1v) is 41.7. The van der Waals surface area contributed by atoms with Crippen LogP contribution < -0.4 is 18.9 Å². The fraction of sp³-hybridized carbons (Fsp3) is 0.552. The average Bonchev–Trinajstić information content (AvgIpc) is 0.805. The Morgan fingerprint density at radius 2 is 0.901 bits per heavy atom. The first-order chi connectivity index (χ1) is 47.9. The maximum Gasteiger partial charge on any atom is 0.400 e. The number of benzene rings is 6. The van der Waals surface area contributed by atoms with Crippen LogP contribution >= 0.6 is 0 Å². The zero-order valence-electron chi connectivity index (χ0n) is 64.6. The van der Waals surface area contributed by atoms with Gasteiger partial charge in [0.2, 0.25) is 0 Å². The highest BCUT2D eigenvalue weighted by Crippen LogP contribution is 2.40. The van der Waals surface area contributed by atoms with E-state index in [-0.39, 0.29) is 42.0 Å². The first kappa shape index (κ1) is 81.7. The molecule has 552 valence electrons. The van der Waals surface area contributed by atoms with Gasteiger partial charge in [-0.15, -0.1) is 0 Å². The minimum absolute atomic E-state index is 0.00444.